The molecule has 5 heteroatoms. The van der Waals surface area contributed by atoms with Gasteiger partial charge >= 0.3 is 0 Å². The van der Waals surface area contributed by atoms with Crippen molar-refractivity contribution in [1.29, 1.82) is 0 Å². The third kappa shape index (κ3) is 4.37. The average molecular weight is 349 g/mol. The van der Waals surface area contributed by atoms with Crippen molar-refractivity contribution in [2.24, 2.45) is 11.3 Å². The van der Waals surface area contributed by atoms with Crippen LogP contribution in [-0.4, -0.2) is 31.7 Å². The molecule has 0 saturated carbocycles. The van der Waals surface area contributed by atoms with Crippen molar-refractivity contribution in [1.82, 2.24) is 0 Å². The summed E-state index contributed by atoms with van der Waals surface area (Å²) in [5, 5.41) is 0. The van der Waals surface area contributed by atoms with E-state index in [0.717, 1.165) is 19.3 Å². The van der Waals surface area contributed by atoms with Crippen LogP contribution in [-0.2, 0) is 16.3 Å². The van der Waals surface area contributed by atoms with Crippen LogP contribution in [0.4, 0.5) is 0 Å². The first-order chi connectivity index (χ1) is 10.0. The second-order valence-corrected chi connectivity index (χ2v) is 8.83. The molecule has 1 atom stereocenters. The molecular formula is C16H22Cl2O2S. The molecule has 0 radical (unpaired) electrons. The van der Waals surface area contributed by atoms with E-state index in [1.807, 2.05) is 18.2 Å². The number of aryl methyl sites for hydroxylation is 1. The van der Waals surface area contributed by atoms with E-state index in [1.165, 1.54) is 5.56 Å². The summed E-state index contributed by atoms with van der Waals surface area (Å²) in [5.74, 6) is 1.51. The van der Waals surface area contributed by atoms with Crippen molar-refractivity contribution in [2.75, 3.05) is 23.3 Å². The molecule has 0 aromatic heterocycles. The second kappa shape index (κ2) is 7.34. The van der Waals surface area contributed by atoms with Crippen molar-refractivity contribution in [2.45, 2.75) is 25.7 Å². The fourth-order valence-electron chi connectivity index (χ4n) is 3.16. The number of benzene rings is 1. The fraction of sp³-hybridized carbons (Fsp3) is 0.625. The van der Waals surface area contributed by atoms with Crippen molar-refractivity contribution in [3.63, 3.8) is 0 Å². The minimum atomic E-state index is -2.89. The summed E-state index contributed by atoms with van der Waals surface area (Å²) < 4.78 is 23.5. The average Bonchev–Trinajstić information content (AvgIpc) is 2.86. The van der Waals surface area contributed by atoms with Crippen LogP contribution in [0.2, 0.25) is 0 Å². The highest BCUT2D eigenvalue weighted by atomic mass is 35.5. The van der Waals surface area contributed by atoms with Crippen LogP contribution >= 0.6 is 23.2 Å². The molecule has 1 aliphatic heterocycles. The van der Waals surface area contributed by atoms with Gasteiger partial charge in [0.05, 0.1) is 11.5 Å². The summed E-state index contributed by atoms with van der Waals surface area (Å²) >= 11 is 12.4. The molecule has 0 bridgehead atoms. The summed E-state index contributed by atoms with van der Waals surface area (Å²) in [6.45, 7) is 0. The summed E-state index contributed by atoms with van der Waals surface area (Å²) in [4.78, 5) is 0. The van der Waals surface area contributed by atoms with Gasteiger partial charge in [0.25, 0.3) is 0 Å². The van der Waals surface area contributed by atoms with Crippen LogP contribution in [0.5, 0.6) is 0 Å². The molecule has 1 aromatic rings. The van der Waals surface area contributed by atoms with E-state index in [-0.39, 0.29) is 22.8 Å². The lowest BCUT2D eigenvalue weighted by Gasteiger charge is -2.35. The maximum absolute atomic E-state index is 11.7. The van der Waals surface area contributed by atoms with Crippen molar-refractivity contribution < 1.29 is 8.42 Å². The van der Waals surface area contributed by atoms with E-state index >= 15 is 0 Å². The van der Waals surface area contributed by atoms with Gasteiger partial charge in [-0.3, -0.25) is 0 Å². The van der Waals surface area contributed by atoms with Gasteiger partial charge in [-0.1, -0.05) is 30.3 Å². The zero-order valence-corrected chi connectivity index (χ0v) is 14.4. The first-order valence-corrected chi connectivity index (χ1v) is 10.3. The number of hydrogen-bond acceptors (Lipinski definition) is 2. The fourth-order valence-corrected chi connectivity index (χ4v) is 6.09. The van der Waals surface area contributed by atoms with E-state index in [0.29, 0.717) is 18.2 Å². The Kier molecular flexibility index (Phi) is 5.98. The lowest BCUT2D eigenvalue weighted by molar-refractivity contribution is 0.221. The van der Waals surface area contributed by atoms with E-state index in [9.17, 15) is 8.42 Å². The lowest BCUT2D eigenvalue weighted by atomic mass is 9.74. The normalized spacial score (nSPS) is 21.5. The van der Waals surface area contributed by atoms with Gasteiger partial charge in [0.1, 0.15) is 0 Å². The minimum Gasteiger partial charge on any atom is -0.229 e. The topological polar surface area (TPSA) is 34.1 Å². The first-order valence-electron chi connectivity index (χ1n) is 7.38. The third-order valence-electron chi connectivity index (χ3n) is 4.61. The lowest BCUT2D eigenvalue weighted by Crippen LogP contribution is -2.35. The van der Waals surface area contributed by atoms with E-state index in [2.05, 4.69) is 12.1 Å². The number of sulfone groups is 1. The summed E-state index contributed by atoms with van der Waals surface area (Å²) in [6.07, 6.45) is 3.55. The van der Waals surface area contributed by atoms with Gasteiger partial charge in [0.15, 0.2) is 9.84 Å². The zero-order chi connectivity index (χ0) is 15.3. The summed E-state index contributed by atoms with van der Waals surface area (Å²) in [5.41, 5.74) is 1.05. The number of halogens is 2. The molecule has 118 valence electrons. The molecule has 0 aliphatic carbocycles. The minimum absolute atomic E-state index is 0.105. The highest BCUT2D eigenvalue weighted by Crippen LogP contribution is 2.42. The molecule has 2 rings (SSSR count). The van der Waals surface area contributed by atoms with Crippen LogP contribution < -0.4 is 0 Å². The molecule has 1 unspecified atom stereocenters. The Morgan fingerprint density at radius 3 is 2.33 bits per heavy atom. The van der Waals surface area contributed by atoms with Gasteiger partial charge in [0.2, 0.25) is 0 Å². The second-order valence-electron chi connectivity index (χ2n) is 6.07. The summed E-state index contributed by atoms with van der Waals surface area (Å²) in [7, 11) is -2.89. The van der Waals surface area contributed by atoms with Gasteiger partial charge in [-0.25, -0.2) is 8.42 Å². The van der Waals surface area contributed by atoms with E-state index in [1.54, 1.807) is 0 Å². The molecule has 1 aromatic carbocycles. The van der Waals surface area contributed by atoms with Gasteiger partial charge in [-0.15, -0.1) is 23.2 Å². The molecule has 1 aliphatic rings. The largest absolute Gasteiger partial charge is 0.229 e. The molecule has 1 saturated heterocycles. The quantitative estimate of drug-likeness (QED) is 0.700. The Balaban J connectivity index is 1.98. The number of rotatable bonds is 7. The molecule has 1 fully saturated rings. The molecule has 1 heterocycles. The van der Waals surface area contributed by atoms with Crippen molar-refractivity contribution in [3.05, 3.63) is 35.9 Å². The van der Waals surface area contributed by atoms with E-state index in [4.69, 9.17) is 23.2 Å². The summed E-state index contributed by atoms with van der Waals surface area (Å²) in [6, 6.07) is 10.3. The van der Waals surface area contributed by atoms with Crippen LogP contribution in [0.1, 0.15) is 24.8 Å². The smallest absolute Gasteiger partial charge is 0.150 e. The van der Waals surface area contributed by atoms with Gasteiger partial charge in [-0.05, 0) is 37.2 Å². The number of alkyl halides is 2. The molecule has 0 amide bonds. The van der Waals surface area contributed by atoms with Crippen LogP contribution in [0.15, 0.2) is 30.3 Å². The molecule has 0 N–H and O–H groups in total. The van der Waals surface area contributed by atoms with Crippen molar-refractivity contribution >= 4 is 33.0 Å². The first kappa shape index (κ1) is 17.1. The predicted octanol–water partition coefficient (Wildman–Crippen LogP) is 3.91. The highest BCUT2D eigenvalue weighted by molar-refractivity contribution is 7.91. The Morgan fingerprint density at radius 2 is 1.81 bits per heavy atom. The van der Waals surface area contributed by atoms with Crippen molar-refractivity contribution in [3.8, 4) is 0 Å². The Bertz CT molecular complexity index is 539. The highest BCUT2D eigenvalue weighted by Gasteiger charge is 2.43. The monoisotopic (exact) mass is 348 g/mol. The van der Waals surface area contributed by atoms with E-state index < -0.39 is 9.84 Å². The number of hydrogen-bond donors (Lipinski definition) is 0. The van der Waals surface area contributed by atoms with Crippen LogP contribution in [0, 0.1) is 11.3 Å². The SMILES string of the molecule is O=S1(=O)CCC(C(CCl)(CCl)CCCc2ccccc2)C1. The molecule has 21 heavy (non-hydrogen) atoms. The maximum atomic E-state index is 11.7. The Morgan fingerprint density at radius 1 is 1.14 bits per heavy atom. The van der Waals surface area contributed by atoms with Crippen LogP contribution in [0.3, 0.4) is 0 Å². The molecule has 0 spiro atoms. The maximum Gasteiger partial charge on any atom is 0.150 e. The van der Waals surface area contributed by atoms with Gasteiger partial charge < -0.3 is 0 Å². The Labute approximate surface area is 137 Å². The van der Waals surface area contributed by atoms with Crippen LogP contribution in [0.25, 0.3) is 0 Å². The van der Waals surface area contributed by atoms with Gasteiger partial charge in [0, 0.05) is 17.2 Å². The third-order valence-corrected chi connectivity index (χ3v) is 7.45. The zero-order valence-electron chi connectivity index (χ0n) is 12.1. The Hall–Kier alpha value is -0.250. The molecule has 2 nitrogen and oxygen atoms in total. The molecular weight excluding hydrogens is 327 g/mol. The predicted molar refractivity (Wildman–Crippen MR) is 90.0 cm³/mol. The standard InChI is InChI=1S/C16H22Cl2O2S/c17-12-16(13-18,15-8-10-21(19,20)11-15)9-4-7-14-5-2-1-3-6-14/h1-3,5-6,15H,4,7-13H2. The van der Waals surface area contributed by atoms with Gasteiger partial charge in [-0.2, -0.15) is 0 Å².